The first kappa shape index (κ1) is 18.4. The molecule has 0 amide bonds. The van der Waals surface area contributed by atoms with Crippen LogP contribution in [0.5, 0.6) is 0 Å². The molecule has 2 aromatic heterocycles. The smallest absolute Gasteiger partial charge is 0.229 e. The average Bonchev–Trinajstić information content (AvgIpc) is 3.42. The third-order valence-electron chi connectivity index (χ3n) is 5.53. The molecule has 0 fully saturated rings. The summed E-state index contributed by atoms with van der Waals surface area (Å²) in [4.78, 5) is 7.99. The summed E-state index contributed by atoms with van der Waals surface area (Å²) >= 11 is 0. The fourth-order valence-electron chi connectivity index (χ4n) is 3.89. The Labute approximate surface area is 175 Å². The van der Waals surface area contributed by atoms with Crippen LogP contribution < -0.4 is 0 Å². The minimum absolute atomic E-state index is 0.158. The molecular formula is C26H23N3O. The summed E-state index contributed by atoms with van der Waals surface area (Å²) in [6, 6.07) is 27.3. The third-order valence-corrected chi connectivity index (χ3v) is 5.53. The van der Waals surface area contributed by atoms with Crippen molar-refractivity contribution in [2.75, 3.05) is 0 Å². The van der Waals surface area contributed by atoms with E-state index in [2.05, 4.69) is 95.0 Å². The molecule has 0 spiro atoms. The Bertz CT molecular complexity index is 1250. The quantitative estimate of drug-likeness (QED) is 0.376. The number of aromatic amines is 1. The number of benzene rings is 3. The highest BCUT2D eigenvalue weighted by Crippen LogP contribution is 2.25. The number of aromatic nitrogens is 3. The molecule has 1 N–H and O–H groups in total. The Balaban J connectivity index is 1.27. The van der Waals surface area contributed by atoms with Gasteiger partial charge in [-0.05, 0) is 34.7 Å². The molecule has 0 aliphatic rings. The highest BCUT2D eigenvalue weighted by atomic mass is 16.5. The SMILES string of the molecule is C[C@@H](Cc1c[nH]c2ccccc12)c1nc(Cc2ccc(-c3ccccc3)cc2)no1. The highest BCUT2D eigenvalue weighted by Gasteiger charge is 2.17. The number of fused-ring (bicyclic) bond motifs is 1. The molecular weight excluding hydrogens is 370 g/mol. The molecule has 0 saturated heterocycles. The second-order valence-electron chi connectivity index (χ2n) is 7.75. The summed E-state index contributed by atoms with van der Waals surface area (Å²) in [5.74, 6) is 1.57. The standard InChI is InChI=1S/C26H23N3O/c1-18(15-22-17-27-24-10-6-5-9-23(22)24)26-28-25(29-30-26)16-19-11-13-21(14-12-19)20-7-3-2-4-8-20/h2-14,17-18,27H,15-16H2,1H3/t18-/m0/s1. The van der Waals surface area contributed by atoms with Crippen LogP contribution in [0.4, 0.5) is 0 Å². The van der Waals surface area contributed by atoms with Crippen LogP contribution in [0.3, 0.4) is 0 Å². The highest BCUT2D eigenvalue weighted by molar-refractivity contribution is 5.83. The molecule has 1 atom stereocenters. The molecule has 5 rings (SSSR count). The van der Waals surface area contributed by atoms with Crippen molar-refractivity contribution in [1.29, 1.82) is 0 Å². The second kappa shape index (κ2) is 7.99. The van der Waals surface area contributed by atoms with Crippen LogP contribution in [0.2, 0.25) is 0 Å². The van der Waals surface area contributed by atoms with Gasteiger partial charge in [-0.1, -0.05) is 84.9 Å². The molecule has 0 aliphatic carbocycles. The van der Waals surface area contributed by atoms with E-state index in [1.54, 1.807) is 0 Å². The average molecular weight is 393 g/mol. The molecule has 0 saturated carbocycles. The molecule has 0 bridgehead atoms. The molecule has 2 heterocycles. The zero-order valence-electron chi connectivity index (χ0n) is 16.9. The zero-order valence-corrected chi connectivity index (χ0v) is 16.9. The minimum Gasteiger partial charge on any atom is -0.361 e. The Morgan fingerprint density at radius 1 is 0.867 bits per heavy atom. The first-order valence-electron chi connectivity index (χ1n) is 10.3. The lowest BCUT2D eigenvalue weighted by molar-refractivity contribution is 0.355. The number of hydrogen-bond donors (Lipinski definition) is 1. The van der Waals surface area contributed by atoms with Crippen molar-refractivity contribution in [3.8, 4) is 11.1 Å². The first-order chi connectivity index (χ1) is 14.8. The van der Waals surface area contributed by atoms with Crippen LogP contribution in [-0.4, -0.2) is 15.1 Å². The first-order valence-corrected chi connectivity index (χ1v) is 10.3. The van der Waals surface area contributed by atoms with Crippen molar-refractivity contribution < 1.29 is 4.52 Å². The molecule has 0 unspecified atom stereocenters. The molecule has 5 aromatic rings. The van der Waals surface area contributed by atoms with Crippen molar-refractivity contribution in [1.82, 2.24) is 15.1 Å². The van der Waals surface area contributed by atoms with Crippen LogP contribution in [0.1, 0.15) is 35.7 Å². The van der Waals surface area contributed by atoms with Gasteiger partial charge in [-0.25, -0.2) is 0 Å². The van der Waals surface area contributed by atoms with Crippen molar-refractivity contribution >= 4 is 10.9 Å². The van der Waals surface area contributed by atoms with E-state index in [-0.39, 0.29) is 5.92 Å². The number of hydrogen-bond acceptors (Lipinski definition) is 3. The second-order valence-corrected chi connectivity index (χ2v) is 7.75. The van der Waals surface area contributed by atoms with Crippen molar-refractivity contribution in [2.45, 2.75) is 25.7 Å². The topological polar surface area (TPSA) is 54.7 Å². The van der Waals surface area contributed by atoms with E-state index in [9.17, 15) is 0 Å². The van der Waals surface area contributed by atoms with Gasteiger partial charge < -0.3 is 9.51 Å². The minimum atomic E-state index is 0.158. The molecule has 4 heteroatoms. The lowest BCUT2D eigenvalue weighted by Crippen LogP contribution is -1.99. The lowest BCUT2D eigenvalue weighted by atomic mass is 10.0. The summed E-state index contributed by atoms with van der Waals surface area (Å²) in [5, 5.41) is 5.46. The Morgan fingerprint density at radius 3 is 2.43 bits per heavy atom. The van der Waals surface area contributed by atoms with Gasteiger partial charge in [0.1, 0.15) is 0 Å². The van der Waals surface area contributed by atoms with E-state index in [4.69, 9.17) is 4.52 Å². The summed E-state index contributed by atoms with van der Waals surface area (Å²) in [6.07, 6.45) is 3.60. The van der Waals surface area contributed by atoms with E-state index in [0.717, 1.165) is 17.8 Å². The molecule has 148 valence electrons. The normalized spacial score (nSPS) is 12.3. The Kier molecular flexibility index (Phi) is 4.89. The largest absolute Gasteiger partial charge is 0.361 e. The summed E-state index contributed by atoms with van der Waals surface area (Å²) in [7, 11) is 0. The van der Waals surface area contributed by atoms with Crippen LogP contribution in [0.25, 0.3) is 22.0 Å². The molecule has 3 aromatic carbocycles. The molecule has 0 radical (unpaired) electrons. The van der Waals surface area contributed by atoms with Crippen LogP contribution in [0.15, 0.2) is 89.6 Å². The number of para-hydroxylation sites is 1. The Morgan fingerprint density at radius 2 is 1.60 bits per heavy atom. The maximum Gasteiger partial charge on any atom is 0.229 e. The zero-order chi connectivity index (χ0) is 20.3. The lowest BCUT2D eigenvalue weighted by Gasteiger charge is -2.05. The van der Waals surface area contributed by atoms with Gasteiger partial charge in [0.2, 0.25) is 5.89 Å². The van der Waals surface area contributed by atoms with E-state index in [1.165, 1.54) is 27.6 Å². The molecule has 30 heavy (non-hydrogen) atoms. The van der Waals surface area contributed by atoms with Gasteiger partial charge in [-0.3, -0.25) is 0 Å². The predicted molar refractivity (Wildman–Crippen MR) is 119 cm³/mol. The van der Waals surface area contributed by atoms with E-state index >= 15 is 0 Å². The van der Waals surface area contributed by atoms with Crippen molar-refractivity contribution in [2.24, 2.45) is 0 Å². The monoisotopic (exact) mass is 393 g/mol. The molecule has 4 nitrogen and oxygen atoms in total. The van der Waals surface area contributed by atoms with Crippen LogP contribution in [-0.2, 0) is 12.8 Å². The van der Waals surface area contributed by atoms with Gasteiger partial charge in [0.15, 0.2) is 5.82 Å². The van der Waals surface area contributed by atoms with Gasteiger partial charge in [0, 0.05) is 29.4 Å². The van der Waals surface area contributed by atoms with E-state index < -0.39 is 0 Å². The van der Waals surface area contributed by atoms with E-state index in [1.807, 2.05) is 12.1 Å². The number of rotatable bonds is 6. The number of nitrogens with zero attached hydrogens (tertiary/aromatic N) is 2. The van der Waals surface area contributed by atoms with Gasteiger partial charge in [-0.15, -0.1) is 0 Å². The fraction of sp³-hybridized carbons (Fsp3) is 0.154. The van der Waals surface area contributed by atoms with Crippen molar-refractivity contribution in [3.05, 3.63) is 108 Å². The van der Waals surface area contributed by atoms with Gasteiger partial charge in [-0.2, -0.15) is 4.98 Å². The number of H-pyrrole nitrogens is 1. The summed E-state index contributed by atoms with van der Waals surface area (Å²) < 4.78 is 5.58. The van der Waals surface area contributed by atoms with Gasteiger partial charge in [0.05, 0.1) is 0 Å². The van der Waals surface area contributed by atoms with E-state index in [0.29, 0.717) is 12.3 Å². The summed E-state index contributed by atoms with van der Waals surface area (Å²) in [6.45, 7) is 2.13. The fourth-order valence-corrected chi connectivity index (χ4v) is 3.89. The maximum absolute atomic E-state index is 5.58. The van der Waals surface area contributed by atoms with Crippen LogP contribution in [0, 0.1) is 0 Å². The third kappa shape index (κ3) is 3.77. The van der Waals surface area contributed by atoms with Crippen molar-refractivity contribution in [3.63, 3.8) is 0 Å². The number of nitrogens with one attached hydrogen (secondary N) is 1. The summed E-state index contributed by atoms with van der Waals surface area (Å²) in [5.41, 5.74) is 6.03. The van der Waals surface area contributed by atoms with Crippen LogP contribution >= 0.6 is 0 Å². The maximum atomic E-state index is 5.58. The van der Waals surface area contributed by atoms with Gasteiger partial charge in [0.25, 0.3) is 0 Å². The predicted octanol–water partition coefficient (Wildman–Crippen LogP) is 6.15. The molecule has 0 aliphatic heterocycles. The Hall–Kier alpha value is -3.66. The van der Waals surface area contributed by atoms with Gasteiger partial charge >= 0.3 is 0 Å².